The van der Waals surface area contributed by atoms with Crippen LogP contribution in [0.25, 0.3) is 21.9 Å². The summed E-state index contributed by atoms with van der Waals surface area (Å²) >= 11 is 0. The van der Waals surface area contributed by atoms with Crippen LogP contribution in [-0.4, -0.2) is 36.8 Å². The highest BCUT2D eigenvalue weighted by molar-refractivity contribution is 5.97. The Kier molecular flexibility index (Phi) is 8.06. The molecule has 3 N–H and O–H groups in total. The zero-order valence-corrected chi connectivity index (χ0v) is 24.4. The number of ether oxygens (including phenoxy) is 2. The summed E-state index contributed by atoms with van der Waals surface area (Å²) in [5, 5.41) is 16.0. The molecule has 0 saturated heterocycles. The molecular formula is C36H32N2O6. The maximum atomic E-state index is 13.5. The lowest BCUT2D eigenvalue weighted by molar-refractivity contribution is 0.0950. The number of carbonyl (C=O) groups excluding carboxylic acids is 1. The smallest absolute Gasteiger partial charge is 0.344 e. The van der Waals surface area contributed by atoms with Gasteiger partial charge in [0.1, 0.15) is 22.8 Å². The van der Waals surface area contributed by atoms with Crippen molar-refractivity contribution in [1.29, 1.82) is 0 Å². The van der Waals surface area contributed by atoms with Gasteiger partial charge in [-0.25, -0.2) is 4.79 Å². The Morgan fingerprint density at radius 2 is 1.64 bits per heavy atom. The average molecular weight is 589 g/mol. The number of hydrogen-bond donors (Lipinski definition) is 3. The quantitative estimate of drug-likeness (QED) is 0.124. The van der Waals surface area contributed by atoms with Crippen LogP contribution >= 0.6 is 0 Å². The van der Waals surface area contributed by atoms with Gasteiger partial charge in [0.05, 0.1) is 36.7 Å². The summed E-state index contributed by atoms with van der Waals surface area (Å²) in [7, 11) is 3.07. The molecule has 0 saturated carbocycles. The summed E-state index contributed by atoms with van der Waals surface area (Å²) in [6, 6.07) is 29.6. The number of H-pyrrole nitrogens is 1. The predicted molar refractivity (Wildman–Crippen MR) is 170 cm³/mol. The van der Waals surface area contributed by atoms with Crippen molar-refractivity contribution in [1.82, 2.24) is 10.3 Å². The number of rotatable bonds is 10. The van der Waals surface area contributed by atoms with Gasteiger partial charge in [-0.15, -0.1) is 0 Å². The number of aromatic hydroxyl groups is 1. The molecule has 2 aromatic heterocycles. The summed E-state index contributed by atoms with van der Waals surface area (Å²) in [4.78, 5) is 30.1. The van der Waals surface area contributed by atoms with Crippen molar-refractivity contribution in [2.45, 2.75) is 18.8 Å². The second-order valence-electron chi connectivity index (χ2n) is 10.5. The van der Waals surface area contributed by atoms with Gasteiger partial charge in [0.25, 0.3) is 5.91 Å². The van der Waals surface area contributed by atoms with Gasteiger partial charge in [0.15, 0.2) is 0 Å². The molecule has 8 heteroatoms. The van der Waals surface area contributed by atoms with E-state index in [9.17, 15) is 14.7 Å². The number of para-hydroxylation sites is 2. The van der Waals surface area contributed by atoms with E-state index in [0.717, 1.165) is 27.7 Å². The summed E-state index contributed by atoms with van der Waals surface area (Å²) in [6.45, 7) is 0.409. The number of hydrogen-bond acceptors (Lipinski definition) is 6. The first-order valence-electron chi connectivity index (χ1n) is 14.4. The molecule has 0 aliphatic rings. The third-order valence-corrected chi connectivity index (χ3v) is 7.92. The number of nitrogens with one attached hydrogen (secondary N) is 2. The van der Waals surface area contributed by atoms with E-state index in [1.54, 1.807) is 49.6 Å². The van der Waals surface area contributed by atoms with E-state index in [2.05, 4.69) is 10.3 Å². The zero-order chi connectivity index (χ0) is 30.6. The highest BCUT2D eigenvalue weighted by Crippen LogP contribution is 2.41. The Labute approximate surface area is 253 Å². The first kappa shape index (κ1) is 28.6. The van der Waals surface area contributed by atoms with Crippen molar-refractivity contribution >= 4 is 27.8 Å². The van der Waals surface area contributed by atoms with Crippen LogP contribution < -0.4 is 20.4 Å². The normalized spacial score (nSPS) is 11.9. The third kappa shape index (κ3) is 5.38. The number of benzene rings is 4. The zero-order valence-electron chi connectivity index (χ0n) is 24.4. The van der Waals surface area contributed by atoms with Gasteiger partial charge in [-0.05, 0) is 54.3 Å². The van der Waals surface area contributed by atoms with Crippen molar-refractivity contribution in [3.05, 3.63) is 135 Å². The van der Waals surface area contributed by atoms with Crippen LogP contribution in [0.4, 0.5) is 0 Å². The van der Waals surface area contributed by atoms with Crippen LogP contribution in [0.15, 0.2) is 106 Å². The number of aryl methyl sites for hydroxylation is 1. The maximum absolute atomic E-state index is 13.5. The van der Waals surface area contributed by atoms with Crippen LogP contribution in [-0.2, 0) is 6.42 Å². The molecule has 1 atom stereocenters. The molecular weight excluding hydrogens is 556 g/mol. The predicted octanol–water partition coefficient (Wildman–Crippen LogP) is 6.54. The molecule has 44 heavy (non-hydrogen) atoms. The molecule has 222 valence electrons. The molecule has 4 aromatic carbocycles. The van der Waals surface area contributed by atoms with Gasteiger partial charge in [0.2, 0.25) is 0 Å². The second-order valence-corrected chi connectivity index (χ2v) is 10.5. The SMILES string of the molecule is COc1ccc(C(=O)NCCCc2c(C(c3ccccc3)c3c(O)c4ccccc4oc3=O)[nH]c3ccccc23)c(OC)c1. The van der Waals surface area contributed by atoms with Crippen molar-refractivity contribution in [3.8, 4) is 17.2 Å². The molecule has 0 radical (unpaired) electrons. The number of carbonyl (C=O) groups is 1. The fourth-order valence-electron chi connectivity index (χ4n) is 5.81. The summed E-state index contributed by atoms with van der Waals surface area (Å²) in [5.41, 5.74) is 3.85. The first-order valence-corrected chi connectivity index (χ1v) is 14.4. The molecule has 2 heterocycles. The second kappa shape index (κ2) is 12.4. The molecule has 0 aliphatic heterocycles. The van der Waals surface area contributed by atoms with E-state index >= 15 is 0 Å². The van der Waals surface area contributed by atoms with E-state index in [0.29, 0.717) is 47.4 Å². The number of amides is 1. The monoisotopic (exact) mass is 588 g/mol. The van der Waals surface area contributed by atoms with Gasteiger partial charge in [0, 0.05) is 29.2 Å². The Balaban J connectivity index is 1.36. The maximum Gasteiger partial charge on any atom is 0.344 e. The number of aromatic nitrogens is 1. The van der Waals surface area contributed by atoms with E-state index in [4.69, 9.17) is 13.9 Å². The Morgan fingerprint density at radius 3 is 2.41 bits per heavy atom. The minimum atomic E-state index is -0.627. The minimum Gasteiger partial charge on any atom is -0.507 e. The molecule has 6 rings (SSSR count). The highest BCUT2D eigenvalue weighted by Gasteiger charge is 2.30. The van der Waals surface area contributed by atoms with Gasteiger partial charge >= 0.3 is 5.63 Å². The number of fused-ring (bicyclic) bond motifs is 2. The third-order valence-electron chi connectivity index (χ3n) is 7.92. The molecule has 8 nitrogen and oxygen atoms in total. The largest absolute Gasteiger partial charge is 0.507 e. The summed E-state index contributed by atoms with van der Waals surface area (Å²) in [5.74, 6) is 0.0587. The van der Waals surface area contributed by atoms with Crippen LogP contribution in [0.3, 0.4) is 0 Å². The van der Waals surface area contributed by atoms with E-state index in [1.165, 1.54) is 7.11 Å². The number of methoxy groups -OCH3 is 2. The van der Waals surface area contributed by atoms with Crippen LogP contribution in [0.1, 0.15) is 45.1 Å². The lowest BCUT2D eigenvalue weighted by atomic mass is 9.85. The van der Waals surface area contributed by atoms with Crippen LogP contribution in [0.2, 0.25) is 0 Å². The number of aromatic amines is 1. The lowest BCUT2D eigenvalue weighted by Gasteiger charge is -2.20. The van der Waals surface area contributed by atoms with Crippen molar-refractivity contribution < 1.29 is 23.8 Å². The summed E-state index contributed by atoms with van der Waals surface area (Å²) in [6.07, 6.45) is 1.22. The van der Waals surface area contributed by atoms with Gasteiger partial charge < -0.3 is 29.3 Å². The summed E-state index contributed by atoms with van der Waals surface area (Å²) < 4.78 is 16.4. The van der Waals surface area contributed by atoms with E-state index in [1.807, 2.05) is 54.6 Å². The standard InChI is InChI=1S/C36H32N2O6/c1-42-23-18-19-27(30(21-23)43-2)35(40)37-20-10-15-25-24-13-6-8-16-28(24)38-33(25)31(22-11-4-3-5-12-22)32-34(39)26-14-7-9-17-29(26)44-36(32)41/h3-9,11-14,16-19,21,31,38-39H,10,15,20H2,1-2H3,(H,37,40). The average Bonchev–Trinajstić information content (AvgIpc) is 3.42. The topological polar surface area (TPSA) is 114 Å². The Bertz CT molecular complexity index is 2010. The highest BCUT2D eigenvalue weighted by atomic mass is 16.5. The fraction of sp³-hybridized carbons (Fsp3) is 0.167. The van der Waals surface area contributed by atoms with Crippen LogP contribution in [0, 0.1) is 0 Å². The Morgan fingerprint density at radius 1 is 0.909 bits per heavy atom. The van der Waals surface area contributed by atoms with Gasteiger partial charge in [-0.3, -0.25) is 4.79 Å². The molecule has 0 spiro atoms. The lowest BCUT2D eigenvalue weighted by Crippen LogP contribution is -2.25. The van der Waals surface area contributed by atoms with Crippen LogP contribution in [0.5, 0.6) is 17.2 Å². The van der Waals surface area contributed by atoms with E-state index in [-0.39, 0.29) is 17.2 Å². The fourth-order valence-corrected chi connectivity index (χ4v) is 5.81. The molecule has 0 aliphatic carbocycles. The van der Waals surface area contributed by atoms with Crippen molar-refractivity contribution in [2.24, 2.45) is 0 Å². The Hall–Kier alpha value is -5.50. The minimum absolute atomic E-state index is 0.101. The van der Waals surface area contributed by atoms with Crippen molar-refractivity contribution in [2.75, 3.05) is 20.8 Å². The van der Waals surface area contributed by atoms with Crippen molar-refractivity contribution in [3.63, 3.8) is 0 Å². The van der Waals surface area contributed by atoms with Gasteiger partial charge in [-0.2, -0.15) is 0 Å². The van der Waals surface area contributed by atoms with Gasteiger partial charge in [-0.1, -0.05) is 60.7 Å². The molecule has 6 aromatic rings. The van der Waals surface area contributed by atoms with E-state index < -0.39 is 11.5 Å². The molecule has 1 amide bonds. The first-order chi connectivity index (χ1) is 21.5. The molecule has 0 fully saturated rings. The molecule has 1 unspecified atom stereocenters. The molecule has 0 bridgehead atoms.